The Morgan fingerprint density at radius 3 is 2.56 bits per heavy atom. The van der Waals surface area contributed by atoms with Crippen LogP contribution in [0.5, 0.6) is 5.75 Å². The molecule has 0 aliphatic heterocycles. The molecule has 3 aromatic rings. The lowest BCUT2D eigenvalue weighted by atomic mass is 10.1. The van der Waals surface area contributed by atoms with Gasteiger partial charge in [0.05, 0.1) is 16.1 Å². The van der Waals surface area contributed by atoms with Crippen LogP contribution in [0.2, 0.25) is 0 Å². The van der Waals surface area contributed by atoms with E-state index in [2.05, 4.69) is 5.32 Å². The summed E-state index contributed by atoms with van der Waals surface area (Å²) in [6.45, 7) is 4.18. The zero-order valence-electron chi connectivity index (χ0n) is 15.0. The molecule has 142 valence electrons. The maximum absolute atomic E-state index is 12.7. The van der Waals surface area contributed by atoms with Crippen molar-refractivity contribution < 1.29 is 18.3 Å². The van der Waals surface area contributed by atoms with E-state index in [1.165, 1.54) is 33.8 Å². The molecule has 0 fully saturated rings. The lowest BCUT2D eigenvalue weighted by Crippen LogP contribution is -2.30. The van der Waals surface area contributed by atoms with E-state index in [1.807, 2.05) is 24.3 Å². The molecule has 2 aromatic carbocycles. The lowest BCUT2D eigenvalue weighted by molar-refractivity contribution is 0.102. The molecule has 0 saturated heterocycles. The highest BCUT2D eigenvalue weighted by molar-refractivity contribution is 7.89. The number of carbonyl (C=O) groups excluding carboxylic acids is 1. The van der Waals surface area contributed by atoms with Gasteiger partial charge in [0.25, 0.3) is 5.91 Å². The van der Waals surface area contributed by atoms with Crippen LogP contribution in [0.15, 0.2) is 52.7 Å². The number of phenols is 1. The standard InChI is InChI=1S/C19H20N2O4S2/c1-3-21(4-2)27(24,25)13-9-10-17(22)16(11-13)20-19(23)15-12-26-18-8-6-5-7-14(15)18/h5-12,22H,3-4H2,1-2H3,(H,20,23). The van der Waals surface area contributed by atoms with Crippen LogP contribution in [-0.2, 0) is 10.0 Å². The Bertz CT molecular complexity index is 1090. The SMILES string of the molecule is CCN(CC)S(=O)(=O)c1ccc(O)c(NC(=O)c2csc3ccccc23)c1. The molecule has 0 bridgehead atoms. The topological polar surface area (TPSA) is 86.7 Å². The predicted molar refractivity (Wildman–Crippen MR) is 108 cm³/mol. The second kappa shape index (κ2) is 7.67. The molecule has 8 heteroatoms. The molecule has 0 radical (unpaired) electrons. The molecule has 0 saturated carbocycles. The molecule has 3 rings (SSSR count). The number of rotatable bonds is 6. The quantitative estimate of drug-likeness (QED) is 0.610. The summed E-state index contributed by atoms with van der Waals surface area (Å²) in [4.78, 5) is 12.7. The summed E-state index contributed by atoms with van der Waals surface area (Å²) in [5.41, 5.74) is 0.538. The van der Waals surface area contributed by atoms with Crippen molar-refractivity contribution in [2.75, 3.05) is 18.4 Å². The fourth-order valence-corrected chi connectivity index (χ4v) is 5.26. The minimum atomic E-state index is -3.69. The van der Waals surface area contributed by atoms with Gasteiger partial charge in [-0.1, -0.05) is 32.0 Å². The number of hydrogen-bond donors (Lipinski definition) is 2. The average molecular weight is 405 g/mol. The summed E-state index contributed by atoms with van der Waals surface area (Å²) in [6, 6.07) is 11.4. The number of nitrogens with one attached hydrogen (secondary N) is 1. The van der Waals surface area contributed by atoms with Crippen LogP contribution in [0.25, 0.3) is 10.1 Å². The van der Waals surface area contributed by atoms with Gasteiger partial charge in [-0.25, -0.2) is 8.42 Å². The van der Waals surface area contributed by atoms with Crippen molar-refractivity contribution in [1.82, 2.24) is 4.31 Å². The Morgan fingerprint density at radius 1 is 1.15 bits per heavy atom. The third-order valence-electron chi connectivity index (χ3n) is 4.29. The van der Waals surface area contributed by atoms with Crippen LogP contribution in [0.1, 0.15) is 24.2 Å². The number of nitrogens with zero attached hydrogens (tertiary/aromatic N) is 1. The Labute approximate surface area is 162 Å². The minimum absolute atomic E-state index is 0.0227. The van der Waals surface area contributed by atoms with Crippen LogP contribution < -0.4 is 5.32 Å². The Hall–Kier alpha value is -2.42. The van der Waals surface area contributed by atoms with Gasteiger partial charge in [0, 0.05) is 28.6 Å². The zero-order valence-corrected chi connectivity index (χ0v) is 16.6. The number of amides is 1. The maximum atomic E-state index is 12.7. The fourth-order valence-electron chi connectivity index (χ4n) is 2.83. The van der Waals surface area contributed by atoms with Gasteiger partial charge in [-0.15, -0.1) is 11.3 Å². The van der Waals surface area contributed by atoms with Crippen molar-refractivity contribution in [3.05, 3.63) is 53.4 Å². The average Bonchev–Trinajstić information content (AvgIpc) is 3.08. The number of anilines is 1. The highest BCUT2D eigenvalue weighted by atomic mass is 32.2. The van der Waals surface area contributed by atoms with Gasteiger partial charge in [-0.3, -0.25) is 4.79 Å². The van der Waals surface area contributed by atoms with Crippen LogP contribution in [0.4, 0.5) is 5.69 Å². The van der Waals surface area contributed by atoms with Crippen molar-refractivity contribution in [3.8, 4) is 5.75 Å². The first-order valence-electron chi connectivity index (χ1n) is 8.49. The summed E-state index contributed by atoms with van der Waals surface area (Å²) in [5, 5.41) is 15.3. The first-order chi connectivity index (χ1) is 12.9. The Morgan fingerprint density at radius 2 is 1.85 bits per heavy atom. The second-order valence-corrected chi connectivity index (χ2v) is 8.72. The van der Waals surface area contributed by atoms with E-state index in [0.717, 1.165) is 10.1 Å². The maximum Gasteiger partial charge on any atom is 0.257 e. The van der Waals surface area contributed by atoms with Gasteiger partial charge >= 0.3 is 0 Å². The number of thiophene rings is 1. The van der Waals surface area contributed by atoms with Crippen molar-refractivity contribution in [2.45, 2.75) is 18.7 Å². The van der Waals surface area contributed by atoms with Gasteiger partial charge in [0.2, 0.25) is 10.0 Å². The molecule has 1 aromatic heterocycles. The molecule has 0 spiro atoms. The van der Waals surface area contributed by atoms with Crippen LogP contribution >= 0.6 is 11.3 Å². The van der Waals surface area contributed by atoms with E-state index in [0.29, 0.717) is 18.7 Å². The van der Waals surface area contributed by atoms with Gasteiger partial charge in [-0.05, 0) is 24.3 Å². The largest absolute Gasteiger partial charge is 0.506 e. The first kappa shape index (κ1) is 19.3. The van der Waals surface area contributed by atoms with E-state index in [4.69, 9.17) is 0 Å². The molecular weight excluding hydrogens is 384 g/mol. The zero-order chi connectivity index (χ0) is 19.6. The third-order valence-corrected chi connectivity index (χ3v) is 7.29. The lowest BCUT2D eigenvalue weighted by Gasteiger charge is -2.19. The number of aromatic hydroxyl groups is 1. The number of sulfonamides is 1. The van der Waals surface area contributed by atoms with E-state index in [-0.39, 0.29) is 16.3 Å². The number of benzene rings is 2. The van der Waals surface area contributed by atoms with Crippen molar-refractivity contribution in [1.29, 1.82) is 0 Å². The summed E-state index contributed by atoms with van der Waals surface area (Å²) in [7, 11) is -3.69. The van der Waals surface area contributed by atoms with Crippen molar-refractivity contribution in [2.24, 2.45) is 0 Å². The molecule has 1 heterocycles. The summed E-state index contributed by atoms with van der Waals surface area (Å²) < 4.78 is 27.7. The first-order valence-corrected chi connectivity index (χ1v) is 10.8. The summed E-state index contributed by atoms with van der Waals surface area (Å²) in [6.07, 6.45) is 0. The van der Waals surface area contributed by atoms with Crippen LogP contribution in [0.3, 0.4) is 0 Å². The number of hydrogen-bond acceptors (Lipinski definition) is 5. The van der Waals surface area contributed by atoms with Gasteiger partial charge in [0.1, 0.15) is 5.75 Å². The molecule has 1 amide bonds. The Kier molecular flexibility index (Phi) is 5.50. The fraction of sp³-hybridized carbons (Fsp3) is 0.211. The highest BCUT2D eigenvalue weighted by Gasteiger charge is 2.23. The molecule has 6 nitrogen and oxygen atoms in total. The highest BCUT2D eigenvalue weighted by Crippen LogP contribution is 2.30. The van der Waals surface area contributed by atoms with Gasteiger partial charge in [0.15, 0.2) is 0 Å². The van der Waals surface area contributed by atoms with Crippen molar-refractivity contribution >= 4 is 43.0 Å². The molecule has 0 atom stereocenters. The van der Waals surface area contributed by atoms with E-state index >= 15 is 0 Å². The van der Waals surface area contributed by atoms with E-state index < -0.39 is 15.9 Å². The van der Waals surface area contributed by atoms with Crippen LogP contribution in [0, 0.1) is 0 Å². The summed E-state index contributed by atoms with van der Waals surface area (Å²) in [5.74, 6) is -0.596. The van der Waals surface area contributed by atoms with Gasteiger partial charge < -0.3 is 10.4 Å². The minimum Gasteiger partial charge on any atom is -0.506 e. The third kappa shape index (κ3) is 3.69. The molecule has 27 heavy (non-hydrogen) atoms. The number of phenolic OH excluding ortho intramolecular Hbond substituents is 1. The number of fused-ring (bicyclic) bond motifs is 1. The molecule has 0 unspecified atom stereocenters. The normalized spacial score (nSPS) is 11.8. The monoisotopic (exact) mass is 404 g/mol. The predicted octanol–water partition coefficient (Wildman–Crippen LogP) is 3.89. The second-order valence-electron chi connectivity index (χ2n) is 5.87. The summed E-state index contributed by atoms with van der Waals surface area (Å²) >= 11 is 1.45. The number of carbonyl (C=O) groups is 1. The molecule has 0 aliphatic carbocycles. The van der Waals surface area contributed by atoms with Crippen molar-refractivity contribution in [3.63, 3.8) is 0 Å². The van der Waals surface area contributed by atoms with Crippen LogP contribution in [-0.4, -0.2) is 36.8 Å². The Balaban J connectivity index is 1.94. The molecule has 0 aliphatic rings. The van der Waals surface area contributed by atoms with E-state index in [9.17, 15) is 18.3 Å². The van der Waals surface area contributed by atoms with E-state index in [1.54, 1.807) is 19.2 Å². The smallest absolute Gasteiger partial charge is 0.257 e. The molecular formula is C19H20N2O4S2. The van der Waals surface area contributed by atoms with Gasteiger partial charge in [-0.2, -0.15) is 4.31 Å². The molecule has 2 N–H and O–H groups in total.